The summed E-state index contributed by atoms with van der Waals surface area (Å²) in [5, 5.41) is 2.94. The van der Waals surface area contributed by atoms with Gasteiger partial charge in [-0.2, -0.15) is 0 Å². The Hall–Kier alpha value is -2.82. The van der Waals surface area contributed by atoms with Crippen LogP contribution in [0.4, 0.5) is 0 Å². The minimum atomic E-state index is -0.0427. The first-order valence-corrected chi connectivity index (χ1v) is 7.79. The summed E-state index contributed by atoms with van der Waals surface area (Å²) < 4.78 is 7.86. The van der Waals surface area contributed by atoms with E-state index in [0.717, 1.165) is 28.2 Å². The van der Waals surface area contributed by atoms with Crippen molar-refractivity contribution in [3.8, 4) is 17.1 Å². The molecule has 5 heteroatoms. The van der Waals surface area contributed by atoms with Gasteiger partial charge in [0.1, 0.15) is 11.6 Å². The second-order valence-electron chi connectivity index (χ2n) is 5.45. The minimum absolute atomic E-state index is 0.0427. The zero-order chi connectivity index (χ0) is 15.8. The van der Waals surface area contributed by atoms with Crippen molar-refractivity contribution in [3.63, 3.8) is 0 Å². The lowest BCUT2D eigenvalue weighted by Gasteiger charge is -2.11. The molecule has 0 fully saturated rings. The number of nitrogens with one attached hydrogen (secondary N) is 1. The average Bonchev–Trinajstić information content (AvgIpc) is 2.85. The van der Waals surface area contributed by atoms with E-state index in [1.165, 1.54) is 0 Å². The van der Waals surface area contributed by atoms with Crippen molar-refractivity contribution < 1.29 is 9.53 Å². The maximum Gasteiger partial charge on any atom is 0.253 e. The van der Waals surface area contributed by atoms with Gasteiger partial charge in [-0.05, 0) is 31.2 Å². The average molecular weight is 307 g/mol. The van der Waals surface area contributed by atoms with E-state index in [1.807, 2.05) is 49.4 Å². The number of carbonyl (C=O) groups is 1. The molecule has 1 aromatic heterocycles. The maximum absolute atomic E-state index is 12.2. The summed E-state index contributed by atoms with van der Waals surface area (Å²) >= 11 is 0. The van der Waals surface area contributed by atoms with Crippen LogP contribution in [0.1, 0.15) is 17.3 Å². The number of nitrogens with zero attached hydrogens (tertiary/aromatic N) is 2. The van der Waals surface area contributed by atoms with Gasteiger partial charge in [0.25, 0.3) is 5.91 Å². The predicted molar refractivity (Wildman–Crippen MR) is 88.7 cm³/mol. The highest BCUT2D eigenvalue weighted by atomic mass is 16.5. The van der Waals surface area contributed by atoms with Gasteiger partial charge in [-0.25, -0.2) is 4.98 Å². The van der Waals surface area contributed by atoms with E-state index in [1.54, 1.807) is 0 Å². The molecule has 4 rings (SSSR count). The molecule has 0 saturated heterocycles. The highest BCUT2D eigenvalue weighted by Crippen LogP contribution is 2.33. The van der Waals surface area contributed by atoms with Gasteiger partial charge in [-0.1, -0.05) is 18.2 Å². The number of para-hydroxylation sites is 2. The van der Waals surface area contributed by atoms with E-state index in [2.05, 4.69) is 9.88 Å². The van der Waals surface area contributed by atoms with Gasteiger partial charge in [0.05, 0.1) is 28.8 Å². The number of aromatic nitrogens is 2. The summed E-state index contributed by atoms with van der Waals surface area (Å²) in [6.07, 6.45) is 0. The van der Waals surface area contributed by atoms with Crippen LogP contribution in [0.5, 0.6) is 5.75 Å². The number of carbonyl (C=O) groups excluding carboxylic acids is 1. The largest absolute Gasteiger partial charge is 0.493 e. The first-order chi connectivity index (χ1) is 11.3. The first-order valence-electron chi connectivity index (χ1n) is 7.79. The molecule has 0 spiro atoms. The van der Waals surface area contributed by atoms with Crippen LogP contribution >= 0.6 is 0 Å². The molecule has 116 valence electrons. The SMILES string of the molecule is CCOc1ccccc1-c1nc2cccc3c2n1CCNC3=O. The van der Waals surface area contributed by atoms with Crippen molar-refractivity contribution in [2.24, 2.45) is 0 Å². The van der Waals surface area contributed by atoms with Gasteiger partial charge in [-0.3, -0.25) is 4.79 Å². The van der Waals surface area contributed by atoms with E-state index < -0.39 is 0 Å². The molecular weight excluding hydrogens is 290 g/mol. The van der Waals surface area contributed by atoms with E-state index in [4.69, 9.17) is 9.72 Å². The van der Waals surface area contributed by atoms with Crippen LogP contribution in [0.2, 0.25) is 0 Å². The van der Waals surface area contributed by atoms with Crippen LogP contribution in [-0.4, -0.2) is 28.6 Å². The number of rotatable bonds is 3. The summed E-state index contributed by atoms with van der Waals surface area (Å²) in [7, 11) is 0. The van der Waals surface area contributed by atoms with Crippen LogP contribution in [0.25, 0.3) is 22.4 Å². The zero-order valence-electron chi connectivity index (χ0n) is 12.9. The van der Waals surface area contributed by atoms with Gasteiger partial charge in [0, 0.05) is 13.1 Å². The zero-order valence-corrected chi connectivity index (χ0v) is 12.9. The van der Waals surface area contributed by atoms with Crippen molar-refractivity contribution >= 4 is 16.9 Å². The minimum Gasteiger partial charge on any atom is -0.493 e. The Morgan fingerprint density at radius 2 is 2.00 bits per heavy atom. The van der Waals surface area contributed by atoms with Crippen LogP contribution in [0.15, 0.2) is 42.5 Å². The quantitative estimate of drug-likeness (QED) is 0.809. The lowest BCUT2D eigenvalue weighted by molar-refractivity contribution is 0.0956. The van der Waals surface area contributed by atoms with E-state index in [-0.39, 0.29) is 5.91 Å². The molecule has 2 aromatic carbocycles. The van der Waals surface area contributed by atoms with E-state index in [0.29, 0.717) is 25.3 Å². The van der Waals surface area contributed by atoms with Gasteiger partial charge in [0.2, 0.25) is 0 Å². The van der Waals surface area contributed by atoms with Crippen molar-refractivity contribution in [1.29, 1.82) is 0 Å². The fraction of sp³-hybridized carbons (Fsp3) is 0.222. The Bertz CT molecular complexity index is 898. The second kappa shape index (κ2) is 5.43. The molecule has 3 aromatic rings. The Morgan fingerprint density at radius 1 is 1.17 bits per heavy atom. The van der Waals surface area contributed by atoms with Crippen molar-refractivity contribution in [2.45, 2.75) is 13.5 Å². The smallest absolute Gasteiger partial charge is 0.253 e. The second-order valence-corrected chi connectivity index (χ2v) is 5.45. The number of imidazole rings is 1. The topological polar surface area (TPSA) is 56.1 Å². The number of amides is 1. The molecule has 0 aliphatic carbocycles. The number of hydrogen-bond acceptors (Lipinski definition) is 3. The van der Waals surface area contributed by atoms with Gasteiger partial charge in [-0.15, -0.1) is 0 Å². The summed E-state index contributed by atoms with van der Waals surface area (Å²) in [6.45, 7) is 3.84. The molecule has 0 atom stereocenters. The molecule has 1 aliphatic heterocycles. The van der Waals surface area contributed by atoms with Crippen LogP contribution in [0.3, 0.4) is 0 Å². The summed E-state index contributed by atoms with van der Waals surface area (Å²) in [4.78, 5) is 17.0. The Labute approximate surface area is 133 Å². The molecule has 0 unspecified atom stereocenters. The molecule has 1 amide bonds. The van der Waals surface area contributed by atoms with Crippen molar-refractivity contribution in [3.05, 3.63) is 48.0 Å². The standard InChI is InChI=1S/C18H17N3O2/c1-2-23-15-9-4-3-6-12(15)17-20-14-8-5-7-13-16(14)21(17)11-10-19-18(13)22/h3-9H,2,10-11H2,1H3,(H,19,22). The van der Waals surface area contributed by atoms with Gasteiger partial charge < -0.3 is 14.6 Å². The number of hydrogen-bond donors (Lipinski definition) is 1. The van der Waals surface area contributed by atoms with Crippen molar-refractivity contribution in [1.82, 2.24) is 14.9 Å². The highest BCUT2D eigenvalue weighted by molar-refractivity contribution is 6.06. The Balaban J connectivity index is 2.01. The van der Waals surface area contributed by atoms with Crippen molar-refractivity contribution in [2.75, 3.05) is 13.2 Å². The molecule has 1 aliphatic rings. The molecule has 0 radical (unpaired) electrons. The normalized spacial score (nSPS) is 13.7. The van der Waals surface area contributed by atoms with E-state index >= 15 is 0 Å². The highest BCUT2D eigenvalue weighted by Gasteiger charge is 2.22. The molecule has 5 nitrogen and oxygen atoms in total. The van der Waals surface area contributed by atoms with Crippen LogP contribution in [-0.2, 0) is 6.54 Å². The third-order valence-electron chi connectivity index (χ3n) is 4.06. The summed E-state index contributed by atoms with van der Waals surface area (Å²) in [5.74, 6) is 1.61. The monoisotopic (exact) mass is 307 g/mol. The Kier molecular flexibility index (Phi) is 3.26. The van der Waals surface area contributed by atoms with E-state index in [9.17, 15) is 4.79 Å². The molecule has 1 N–H and O–H groups in total. The molecule has 2 heterocycles. The fourth-order valence-corrected chi connectivity index (χ4v) is 3.10. The van der Waals surface area contributed by atoms with Gasteiger partial charge >= 0.3 is 0 Å². The predicted octanol–water partition coefficient (Wildman–Crippen LogP) is 2.85. The van der Waals surface area contributed by atoms with Crippen LogP contribution < -0.4 is 10.1 Å². The van der Waals surface area contributed by atoms with Crippen LogP contribution in [0, 0.1) is 0 Å². The Morgan fingerprint density at radius 3 is 2.87 bits per heavy atom. The molecular formula is C18H17N3O2. The molecule has 0 saturated carbocycles. The maximum atomic E-state index is 12.2. The lowest BCUT2D eigenvalue weighted by Crippen LogP contribution is -2.24. The number of ether oxygens (including phenoxy) is 1. The third kappa shape index (κ3) is 2.16. The fourth-order valence-electron chi connectivity index (χ4n) is 3.10. The summed E-state index contributed by atoms with van der Waals surface area (Å²) in [5.41, 5.74) is 3.35. The van der Waals surface area contributed by atoms with Gasteiger partial charge in [0.15, 0.2) is 0 Å². The molecule has 23 heavy (non-hydrogen) atoms. The molecule has 0 bridgehead atoms. The summed E-state index contributed by atoms with van der Waals surface area (Å²) in [6, 6.07) is 13.6. The third-order valence-corrected chi connectivity index (χ3v) is 4.06. The number of benzene rings is 2. The lowest BCUT2D eigenvalue weighted by atomic mass is 10.1. The first kappa shape index (κ1) is 13.8.